The smallest absolute Gasteiger partial charge is 0.241 e. The monoisotopic (exact) mass is 332 g/mol. The SMILES string of the molecule is Cc1ccc(NC(=O)[C@@H](N)Cc2ccccc2)c(Br)c1. The fourth-order valence-corrected chi connectivity index (χ4v) is 2.50. The molecule has 0 bridgehead atoms. The van der Waals surface area contributed by atoms with Gasteiger partial charge in [-0.2, -0.15) is 0 Å². The largest absolute Gasteiger partial charge is 0.324 e. The molecule has 2 aromatic carbocycles. The summed E-state index contributed by atoms with van der Waals surface area (Å²) in [5.41, 5.74) is 8.87. The Morgan fingerprint density at radius 3 is 2.60 bits per heavy atom. The predicted octanol–water partition coefficient (Wildman–Crippen LogP) is 3.27. The van der Waals surface area contributed by atoms with Crippen molar-refractivity contribution in [2.24, 2.45) is 5.73 Å². The minimum Gasteiger partial charge on any atom is -0.324 e. The average molecular weight is 333 g/mol. The quantitative estimate of drug-likeness (QED) is 0.902. The lowest BCUT2D eigenvalue weighted by atomic mass is 10.1. The molecule has 1 atom stereocenters. The molecule has 0 aliphatic heterocycles. The molecule has 0 aromatic heterocycles. The molecule has 104 valence electrons. The zero-order valence-electron chi connectivity index (χ0n) is 11.3. The van der Waals surface area contributed by atoms with Crippen LogP contribution in [0.4, 0.5) is 5.69 Å². The summed E-state index contributed by atoms with van der Waals surface area (Å²) in [5.74, 6) is -0.182. The first kappa shape index (κ1) is 14.8. The minimum atomic E-state index is -0.564. The summed E-state index contributed by atoms with van der Waals surface area (Å²) < 4.78 is 0.859. The van der Waals surface area contributed by atoms with Crippen LogP contribution < -0.4 is 11.1 Å². The van der Waals surface area contributed by atoms with Crippen molar-refractivity contribution in [1.29, 1.82) is 0 Å². The predicted molar refractivity (Wildman–Crippen MR) is 85.6 cm³/mol. The van der Waals surface area contributed by atoms with Gasteiger partial charge in [0.05, 0.1) is 11.7 Å². The molecular formula is C16H17BrN2O. The maximum absolute atomic E-state index is 12.1. The van der Waals surface area contributed by atoms with Crippen LogP contribution in [0.3, 0.4) is 0 Å². The van der Waals surface area contributed by atoms with Crippen molar-refractivity contribution in [2.45, 2.75) is 19.4 Å². The minimum absolute atomic E-state index is 0.182. The standard InChI is InChI=1S/C16H17BrN2O/c1-11-7-8-15(13(17)9-11)19-16(20)14(18)10-12-5-3-2-4-6-12/h2-9,14H,10,18H2,1H3,(H,19,20)/t14-/m0/s1. The molecule has 0 aliphatic rings. The van der Waals surface area contributed by atoms with E-state index in [4.69, 9.17) is 5.73 Å². The number of hydrogen-bond acceptors (Lipinski definition) is 2. The van der Waals surface area contributed by atoms with E-state index in [1.807, 2.05) is 55.5 Å². The van der Waals surface area contributed by atoms with E-state index in [1.54, 1.807) is 0 Å². The normalized spacial score (nSPS) is 11.9. The summed E-state index contributed by atoms with van der Waals surface area (Å²) in [7, 11) is 0. The molecule has 2 aromatic rings. The zero-order chi connectivity index (χ0) is 14.5. The van der Waals surface area contributed by atoms with Crippen LogP contribution in [0.1, 0.15) is 11.1 Å². The van der Waals surface area contributed by atoms with Gasteiger partial charge < -0.3 is 11.1 Å². The molecule has 3 N–H and O–H groups in total. The number of hydrogen-bond donors (Lipinski definition) is 2. The van der Waals surface area contributed by atoms with Crippen molar-refractivity contribution in [2.75, 3.05) is 5.32 Å². The van der Waals surface area contributed by atoms with E-state index in [0.29, 0.717) is 6.42 Å². The van der Waals surface area contributed by atoms with Crippen molar-refractivity contribution < 1.29 is 4.79 Å². The number of halogens is 1. The number of nitrogens with two attached hydrogens (primary N) is 1. The number of carbonyl (C=O) groups is 1. The van der Waals surface area contributed by atoms with Crippen LogP contribution in [0.15, 0.2) is 53.0 Å². The molecule has 0 fully saturated rings. The molecule has 0 saturated heterocycles. The topological polar surface area (TPSA) is 55.1 Å². The molecule has 0 saturated carbocycles. The first-order valence-electron chi connectivity index (χ1n) is 6.43. The van der Waals surface area contributed by atoms with Crippen LogP contribution in [-0.4, -0.2) is 11.9 Å². The Morgan fingerprint density at radius 2 is 1.95 bits per heavy atom. The maximum atomic E-state index is 12.1. The number of rotatable bonds is 4. The average Bonchev–Trinajstić information content (AvgIpc) is 2.43. The lowest BCUT2D eigenvalue weighted by Crippen LogP contribution is -2.37. The highest BCUT2D eigenvalue weighted by molar-refractivity contribution is 9.10. The summed E-state index contributed by atoms with van der Waals surface area (Å²) in [6.07, 6.45) is 0.524. The molecule has 0 heterocycles. The molecule has 20 heavy (non-hydrogen) atoms. The number of benzene rings is 2. The van der Waals surface area contributed by atoms with E-state index < -0.39 is 6.04 Å². The van der Waals surface area contributed by atoms with E-state index in [2.05, 4.69) is 21.2 Å². The number of carbonyl (C=O) groups excluding carboxylic acids is 1. The number of anilines is 1. The third-order valence-corrected chi connectivity index (χ3v) is 3.67. The molecule has 3 nitrogen and oxygen atoms in total. The first-order valence-corrected chi connectivity index (χ1v) is 7.22. The van der Waals surface area contributed by atoms with Crippen LogP contribution in [-0.2, 0) is 11.2 Å². The van der Waals surface area contributed by atoms with Gasteiger partial charge in [-0.3, -0.25) is 4.79 Å². The third kappa shape index (κ3) is 3.92. The van der Waals surface area contributed by atoms with Gasteiger partial charge in [0.25, 0.3) is 0 Å². The van der Waals surface area contributed by atoms with E-state index in [0.717, 1.165) is 21.3 Å². The van der Waals surface area contributed by atoms with Crippen molar-refractivity contribution in [3.8, 4) is 0 Å². The maximum Gasteiger partial charge on any atom is 0.241 e. The summed E-state index contributed by atoms with van der Waals surface area (Å²) in [5, 5.41) is 2.85. The Morgan fingerprint density at radius 1 is 1.25 bits per heavy atom. The number of nitrogens with one attached hydrogen (secondary N) is 1. The molecule has 0 aliphatic carbocycles. The summed E-state index contributed by atoms with van der Waals surface area (Å²) in [6.45, 7) is 2.00. The second-order valence-corrected chi connectivity index (χ2v) is 5.62. The van der Waals surface area contributed by atoms with E-state index in [-0.39, 0.29) is 5.91 Å². The Bertz CT molecular complexity index is 599. The van der Waals surface area contributed by atoms with Gasteiger partial charge in [-0.05, 0) is 52.5 Å². The van der Waals surface area contributed by atoms with Crippen LogP contribution in [0.25, 0.3) is 0 Å². The van der Waals surface area contributed by atoms with E-state index >= 15 is 0 Å². The molecule has 0 radical (unpaired) electrons. The highest BCUT2D eigenvalue weighted by atomic mass is 79.9. The summed E-state index contributed by atoms with van der Waals surface area (Å²) >= 11 is 3.44. The fourth-order valence-electron chi connectivity index (χ4n) is 1.91. The van der Waals surface area contributed by atoms with Gasteiger partial charge in [0.15, 0.2) is 0 Å². The van der Waals surface area contributed by atoms with E-state index in [1.165, 1.54) is 0 Å². The summed E-state index contributed by atoms with van der Waals surface area (Å²) in [4.78, 5) is 12.1. The molecule has 0 spiro atoms. The van der Waals surface area contributed by atoms with Gasteiger partial charge in [0.2, 0.25) is 5.91 Å². The van der Waals surface area contributed by atoms with Crippen LogP contribution >= 0.6 is 15.9 Å². The van der Waals surface area contributed by atoms with Crippen molar-refractivity contribution in [3.63, 3.8) is 0 Å². The number of aryl methyl sites for hydroxylation is 1. The fraction of sp³-hybridized carbons (Fsp3) is 0.188. The highest BCUT2D eigenvalue weighted by Gasteiger charge is 2.15. The molecule has 1 amide bonds. The van der Waals surface area contributed by atoms with Gasteiger partial charge in [-0.1, -0.05) is 36.4 Å². The van der Waals surface area contributed by atoms with Crippen molar-refractivity contribution in [3.05, 3.63) is 64.1 Å². The Kier molecular flexibility index (Phi) is 4.93. The Balaban J connectivity index is 2.01. The second-order valence-electron chi connectivity index (χ2n) is 4.77. The van der Waals surface area contributed by atoms with Crippen molar-refractivity contribution in [1.82, 2.24) is 0 Å². The zero-order valence-corrected chi connectivity index (χ0v) is 12.9. The lowest BCUT2D eigenvalue weighted by molar-refractivity contribution is -0.117. The van der Waals surface area contributed by atoms with Gasteiger partial charge in [-0.15, -0.1) is 0 Å². The lowest BCUT2D eigenvalue weighted by Gasteiger charge is -2.13. The molecule has 0 unspecified atom stereocenters. The Hall–Kier alpha value is -1.65. The van der Waals surface area contributed by atoms with Gasteiger partial charge >= 0.3 is 0 Å². The van der Waals surface area contributed by atoms with E-state index in [9.17, 15) is 4.79 Å². The highest BCUT2D eigenvalue weighted by Crippen LogP contribution is 2.23. The van der Waals surface area contributed by atoms with Crippen LogP contribution in [0.5, 0.6) is 0 Å². The van der Waals surface area contributed by atoms with Crippen molar-refractivity contribution >= 4 is 27.5 Å². The van der Waals surface area contributed by atoms with Crippen LogP contribution in [0.2, 0.25) is 0 Å². The van der Waals surface area contributed by atoms with Gasteiger partial charge in [-0.25, -0.2) is 0 Å². The van der Waals surface area contributed by atoms with Gasteiger partial charge in [0.1, 0.15) is 0 Å². The first-order chi connectivity index (χ1) is 9.56. The Labute approximate surface area is 127 Å². The molecule has 2 rings (SSSR count). The van der Waals surface area contributed by atoms with Gasteiger partial charge in [0, 0.05) is 4.47 Å². The molecule has 4 heteroatoms. The second kappa shape index (κ2) is 6.68. The van der Waals surface area contributed by atoms with Crippen LogP contribution in [0, 0.1) is 6.92 Å². The molecular weight excluding hydrogens is 316 g/mol. The third-order valence-electron chi connectivity index (χ3n) is 3.02. The number of amides is 1. The summed E-state index contributed by atoms with van der Waals surface area (Å²) in [6, 6.07) is 15.0.